The summed E-state index contributed by atoms with van der Waals surface area (Å²) in [4.78, 5) is 55.0. The van der Waals surface area contributed by atoms with E-state index in [1.54, 1.807) is 18.2 Å². The van der Waals surface area contributed by atoms with Crippen LogP contribution in [0.4, 0.5) is 4.39 Å². The molecule has 2 atom stereocenters. The van der Waals surface area contributed by atoms with E-state index in [9.17, 15) is 19.2 Å². The Bertz CT molecular complexity index is 1180. The molecule has 5 rings (SSSR count). The quantitative estimate of drug-likeness (QED) is 0.652. The molecule has 1 unspecified atom stereocenters. The number of aromatic nitrogens is 1. The molecule has 3 heterocycles. The third kappa shape index (κ3) is 3.97. The van der Waals surface area contributed by atoms with Crippen LogP contribution in [-0.2, 0) is 16.1 Å². The van der Waals surface area contributed by atoms with Crippen LogP contribution in [0.15, 0.2) is 36.5 Å². The van der Waals surface area contributed by atoms with Crippen molar-refractivity contribution in [3.63, 3.8) is 0 Å². The van der Waals surface area contributed by atoms with Crippen LogP contribution in [0.2, 0.25) is 5.02 Å². The first kappa shape index (κ1) is 21.5. The van der Waals surface area contributed by atoms with Crippen LogP contribution >= 0.6 is 11.6 Å². The van der Waals surface area contributed by atoms with Gasteiger partial charge in [0.05, 0.1) is 10.7 Å². The van der Waals surface area contributed by atoms with Crippen molar-refractivity contribution in [2.24, 2.45) is 0 Å². The first-order valence-electron chi connectivity index (χ1n) is 10.6. The van der Waals surface area contributed by atoms with Crippen molar-refractivity contribution in [1.82, 2.24) is 20.5 Å². The van der Waals surface area contributed by atoms with Crippen molar-refractivity contribution in [2.45, 2.75) is 50.0 Å². The number of piperidine rings is 1. The van der Waals surface area contributed by atoms with Crippen LogP contribution in [0.25, 0.3) is 0 Å². The van der Waals surface area contributed by atoms with E-state index in [1.807, 2.05) is 0 Å². The number of rotatable bonds is 5. The van der Waals surface area contributed by atoms with Crippen LogP contribution in [0, 0.1) is 0 Å². The summed E-state index contributed by atoms with van der Waals surface area (Å²) >= 11 is 5.88. The highest BCUT2D eigenvalue weighted by Crippen LogP contribution is 2.49. The molecule has 10 heteroatoms. The number of fused-ring (bicyclic) bond motifs is 1. The molecule has 2 N–H and O–H groups in total. The van der Waals surface area contributed by atoms with Crippen molar-refractivity contribution >= 4 is 35.2 Å². The number of halogens is 2. The van der Waals surface area contributed by atoms with Crippen LogP contribution in [0.1, 0.15) is 63.7 Å². The second kappa shape index (κ2) is 7.91. The summed E-state index contributed by atoms with van der Waals surface area (Å²) in [6, 6.07) is 6.16. The zero-order chi connectivity index (χ0) is 23.3. The van der Waals surface area contributed by atoms with Crippen LogP contribution in [0.5, 0.6) is 0 Å². The highest BCUT2D eigenvalue weighted by atomic mass is 35.5. The smallest absolute Gasteiger partial charge is 0.255 e. The van der Waals surface area contributed by atoms with Gasteiger partial charge in [-0.1, -0.05) is 11.6 Å². The average Bonchev–Trinajstić information content (AvgIpc) is 3.46. The molecule has 4 amide bonds. The highest BCUT2D eigenvalue weighted by molar-refractivity contribution is 6.30. The number of nitrogens with one attached hydrogen (secondary N) is 2. The minimum atomic E-state index is -1.56. The first-order valence-corrected chi connectivity index (χ1v) is 11.0. The van der Waals surface area contributed by atoms with Gasteiger partial charge in [-0.3, -0.25) is 29.5 Å². The van der Waals surface area contributed by atoms with Gasteiger partial charge in [-0.25, -0.2) is 4.39 Å². The molecule has 1 aromatic carbocycles. The Morgan fingerprint density at radius 1 is 1.24 bits per heavy atom. The fourth-order valence-corrected chi connectivity index (χ4v) is 4.48. The number of carbonyl (C=O) groups excluding carboxylic acids is 4. The van der Waals surface area contributed by atoms with Crippen molar-refractivity contribution in [2.75, 3.05) is 0 Å². The van der Waals surface area contributed by atoms with Gasteiger partial charge in [0.25, 0.3) is 11.8 Å². The monoisotopic (exact) mass is 470 g/mol. The number of alkyl halides is 1. The van der Waals surface area contributed by atoms with E-state index in [4.69, 9.17) is 11.6 Å². The molecule has 1 saturated heterocycles. The number of carbonyl (C=O) groups is 4. The van der Waals surface area contributed by atoms with Crippen molar-refractivity contribution in [3.8, 4) is 0 Å². The van der Waals surface area contributed by atoms with Gasteiger partial charge in [0.15, 0.2) is 0 Å². The molecule has 0 spiro atoms. The van der Waals surface area contributed by atoms with Gasteiger partial charge in [-0.2, -0.15) is 0 Å². The zero-order valence-corrected chi connectivity index (χ0v) is 18.2. The summed E-state index contributed by atoms with van der Waals surface area (Å²) in [6.45, 7) is 0.150. The Kier molecular flexibility index (Phi) is 5.16. The van der Waals surface area contributed by atoms with E-state index in [1.165, 1.54) is 23.2 Å². The predicted molar refractivity (Wildman–Crippen MR) is 115 cm³/mol. The molecule has 0 radical (unpaired) electrons. The van der Waals surface area contributed by atoms with Gasteiger partial charge >= 0.3 is 0 Å². The normalized spacial score (nSPS) is 21.9. The van der Waals surface area contributed by atoms with Crippen LogP contribution in [0.3, 0.4) is 0 Å². The van der Waals surface area contributed by atoms with Gasteiger partial charge in [-0.15, -0.1) is 0 Å². The number of imide groups is 1. The largest absolute Gasteiger partial charge is 0.340 e. The lowest BCUT2D eigenvalue weighted by molar-refractivity contribution is -0.136. The molecule has 1 aromatic heterocycles. The lowest BCUT2D eigenvalue weighted by Crippen LogP contribution is -2.52. The topological polar surface area (TPSA) is 108 Å². The molecule has 1 saturated carbocycles. The number of benzene rings is 1. The highest BCUT2D eigenvalue weighted by Gasteiger charge is 2.52. The molecular formula is C23H20ClFN4O4. The minimum Gasteiger partial charge on any atom is -0.340 e. The van der Waals surface area contributed by atoms with E-state index in [0.29, 0.717) is 34.7 Å². The second-order valence-corrected chi connectivity index (χ2v) is 9.05. The summed E-state index contributed by atoms with van der Waals surface area (Å²) in [5.41, 5.74) is 0.0883. The van der Waals surface area contributed by atoms with Gasteiger partial charge < -0.3 is 10.2 Å². The fraction of sp³-hybridized carbons (Fsp3) is 0.348. The lowest BCUT2D eigenvalue weighted by atomic mass is 10.0. The standard InChI is InChI=1S/C23H20ClFN4O4/c24-14-2-4-16(26-10-14)19(23(25)7-8-23)28-20(31)12-1-3-15-13(9-12)11-29(22(15)33)17-5-6-18(30)27-21(17)32/h1-4,9-10,17,19H,5-8,11H2,(H,28,31)(H,27,30,32)/t17?,19-/m1/s1. The fourth-order valence-electron chi connectivity index (χ4n) is 4.36. The minimum absolute atomic E-state index is 0.150. The summed E-state index contributed by atoms with van der Waals surface area (Å²) in [5.74, 6) is -1.67. The van der Waals surface area contributed by atoms with Crippen molar-refractivity contribution in [1.29, 1.82) is 0 Å². The lowest BCUT2D eigenvalue weighted by Gasteiger charge is -2.29. The third-order valence-corrected chi connectivity index (χ3v) is 6.58. The van der Waals surface area contributed by atoms with E-state index in [0.717, 1.165) is 0 Å². The maximum atomic E-state index is 15.0. The SMILES string of the molecule is O=C1CCC(N2Cc3cc(C(=O)N[C@H](c4ccc(Cl)cn4)C4(F)CC4)ccc3C2=O)C(=O)N1. The maximum Gasteiger partial charge on any atom is 0.255 e. The number of amides is 4. The van der Waals surface area contributed by atoms with Gasteiger partial charge in [0.1, 0.15) is 17.8 Å². The summed E-state index contributed by atoms with van der Waals surface area (Å²) < 4.78 is 15.0. The molecule has 3 aliphatic rings. The number of pyridine rings is 1. The molecule has 8 nitrogen and oxygen atoms in total. The molecule has 1 aliphatic carbocycles. The predicted octanol–water partition coefficient (Wildman–Crippen LogP) is 2.47. The molecule has 2 aliphatic heterocycles. The van der Waals surface area contributed by atoms with Crippen molar-refractivity contribution in [3.05, 3.63) is 63.9 Å². The maximum absolute atomic E-state index is 15.0. The number of hydrogen-bond acceptors (Lipinski definition) is 5. The van der Waals surface area contributed by atoms with Gasteiger partial charge in [-0.05, 0) is 55.2 Å². The van der Waals surface area contributed by atoms with Crippen molar-refractivity contribution < 1.29 is 23.6 Å². The van der Waals surface area contributed by atoms with Crippen LogP contribution < -0.4 is 10.6 Å². The summed E-state index contributed by atoms with van der Waals surface area (Å²) in [6.07, 6.45) is 2.47. The van der Waals surface area contributed by atoms with E-state index in [-0.39, 0.29) is 36.8 Å². The first-order chi connectivity index (χ1) is 15.7. The van der Waals surface area contributed by atoms with Gasteiger partial charge in [0, 0.05) is 30.3 Å². The van der Waals surface area contributed by atoms with E-state index >= 15 is 4.39 Å². The molecule has 2 fully saturated rings. The third-order valence-electron chi connectivity index (χ3n) is 6.35. The van der Waals surface area contributed by atoms with Crippen LogP contribution in [-0.4, -0.2) is 45.2 Å². The number of nitrogens with zero attached hydrogens (tertiary/aromatic N) is 2. The molecular weight excluding hydrogens is 451 g/mol. The Morgan fingerprint density at radius 2 is 2.03 bits per heavy atom. The summed E-state index contributed by atoms with van der Waals surface area (Å²) in [7, 11) is 0. The van der Waals surface area contributed by atoms with E-state index < -0.39 is 29.6 Å². The molecule has 170 valence electrons. The Morgan fingerprint density at radius 3 is 2.70 bits per heavy atom. The molecule has 33 heavy (non-hydrogen) atoms. The second-order valence-electron chi connectivity index (χ2n) is 8.61. The Balaban J connectivity index is 1.35. The Labute approximate surface area is 193 Å². The van der Waals surface area contributed by atoms with Gasteiger partial charge in [0.2, 0.25) is 11.8 Å². The molecule has 0 bridgehead atoms. The zero-order valence-electron chi connectivity index (χ0n) is 17.4. The summed E-state index contributed by atoms with van der Waals surface area (Å²) in [5, 5.41) is 5.41. The number of hydrogen-bond donors (Lipinski definition) is 2. The molecule has 2 aromatic rings. The van der Waals surface area contributed by atoms with E-state index in [2.05, 4.69) is 15.6 Å². The average molecular weight is 471 g/mol. The Hall–Kier alpha value is -3.33.